The summed E-state index contributed by atoms with van der Waals surface area (Å²) in [6, 6.07) is -1.94. The Morgan fingerprint density at radius 3 is 1.67 bits per heavy atom. The third-order valence-corrected chi connectivity index (χ3v) is 3.61. The molecule has 0 heterocycles. The maximum atomic E-state index is 11.1. The Hall–Kier alpha value is 0.900. The van der Waals surface area contributed by atoms with Crippen LogP contribution in [0.3, 0.4) is 0 Å². The van der Waals surface area contributed by atoms with Gasteiger partial charge in [-0.15, -0.1) is 0 Å². The van der Waals surface area contributed by atoms with Crippen LogP contribution in [-0.2, 0) is 9.59 Å². The van der Waals surface area contributed by atoms with Crippen LogP contribution in [0.2, 0.25) is 0 Å². The molecule has 3 unspecified atom stereocenters. The molecule has 0 aliphatic heterocycles. The van der Waals surface area contributed by atoms with Gasteiger partial charge in [0.1, 0.15) is 0 Å². The topological polar surface area (TPSA) is 83.5 Å². The zero-order valence-electron chi connectivity index (χ0n) is 14.3. The smallest absolute Gasteiger partial charge is 0.548 e. The number of carboxylic acid groups (broad SMARTS) is 2. The van der Waals surface area contributed by atoms with Gasteiger partial charge in [-0.1, -0.05) is 33.1 Å². The van der Waals surface area contributed by atoms with Crippen molar-refractivity contribution in [3.05, 3.63) is 0 Å². The summed E-state index contributed by atoms with van der Waals surface area (Å²) >= 11 is 0. The largest absolute Gasteiger partial charge is 1.00 e. The van der Waals surface area contributed by atoms with Gasteiger partial charge in [0.2, 0.25) is 0 Å². The number of hydrogen-bond acceptors (Lipinski definition) is 5. The molecule has 0 aliphatic carbocycles. The van der Waals surface area contributed by atoms with Gasteiger partial charge in [0.05, 0.1) is 11.9 Å². The van der Waals surface area contributed by atoms with Crippen LogP contribution < -0.4 is 69.3 Å². The molecule has 0 rings (SSSR count). The SMILES string of the molecule is CCCCCC(CC)N(C(C)C(=O)[O-])C(C)C(=O)[O-].[Na+].[Na+]. The summed E-state index contributed by atoms with van der Waals surface area (Å²) in [4.78, 5) is 23.6. The fourth-order valence-corrected chi connectivity index (χ4v) is 2.41. The van der Waals surface area contributed by atoms with E-state index in [1.165, 1.54) is 18.7 Å². The van der Waals surface area contributed by atoms with E-state index in [1.54, 1.807) is 0 Å². The standard InChI is InChI=1S/C14H27NO4.2Na/c1-5-7-8-9-12(6-2)15(10(3)13(16)17)11(4)14(18)19;;/h10-12H,5-9H2,1-4H3,(H,16,17)(H,18,19);;/q;2*+1/p-2. The van der Waals surface area contributed by atoms with Crippen molar-refractivity contribution >= 4 is 11.9 Å². The van der Waals surface area contributed by atoms with E-state index in [0.717, 1.165) is 25.7 Å². The fourth-order valence-electron chi connectivity index (χ4n) is 2.41. The van der Waals surface area contributed by atoms with E-state index < -0.39 is 24.0 Å². The van der Waals surface area contributed by atoms with Gasteiger partial charge >= 0.3 is 59.1 Å². The van der Waals surface area contributed by atoms with Gasteiger partial charge < -0.3 is 19.8 Å². The molecule has 21 heavy (non-hydrogen) atoms. The number of hydrogen-bond donors (Lipinski definition) is 0. The second kappa shape index (κ2) is 14.5. The molecule has 0 fully saturated rings. The minimum absolute atomic E-state index is 0. The molecule has 0 saturated carbocycles. The summed E-state index contributed by atoms with van der Waals surface area (Å²) in [6.45, 7) is 6.97. The number of carbonyl (C=O) groups excluding carboxylic acids is 2. The fraction of sp³-hybridized carbons (Fsp3) is 0.857. The van der Waals surface area contributed by atoms with Crippen molar-refractivity contribution in [2.75, 3.05) is 0 Å². The van der Waals surface area contributed by atoms with E-state index in [-0.39, 0.29) is 65.2 Å². The Morgan fingerprint density at radius 1 is 0.952 bits per heavy atom. The third-order valence-electron chi connectivity index (χ3n) is 3.61. The molecule has 0 bridgehead atoms. The summed E-state index contributed by atoms with van der Waals surface area (Å²) in [5.41, 5.74) is 0. The maximum absolute atomic E-state index is 11.1. The monoisotopic (exact) mass is 317 g/mol. The van der Waals surface area contributed by atoms with Crippen LogP contribution in [0.5, 0.6) is 0 Å². The average molecular weight is 317 g/mol. The Morgan fingerprint density at radius 2 is 1.38 bits per heavy atom. The first kappa shape index (κ1) is 26.8. The quantitative estimate of drug-likeness (QED) is 0.296. The Labute approximate surface area is 172 Å². The van der Waals surface area contributed by atoms with E-state index in [2.05, 4.69) is 6.92 Å². The molecule has 0 N–H and O–H groups in total. The third kappa shape index (κ3) is 9.59. The van der Waals surface area contributed by atoms with Crippen LogP contribution in [0.1, 0.15) is 59.8 Å². The van der Waals surface area contributed by atoms with Crippen molar-refractivity contribution in [2.24, 2.45) is 0 Å². The first-order valence-electron chi connectivity index (χ1n) is 7.05. The molecule has 0 amide bonds. The van der Waals surface area contributed by atoms with Crippen molar-refractivity contribution < 1.29 is 78.9 Å². The normalized spacial score (nSPS) is 14.5. The molecule has 3 atom stereocenters. The Bertz CT molecular complexity index is 283. The molecule has 0 saturated heterocycles. The molecule has 0 aromatic carbocycles. The number of rotatable bonds is 10. The van der Waals surface area contributed by atoms with Crippen molar-refractivity contribution in [1.82, 2.24) is 4.90 Å². The van der Waals surface area contributed by atoms with Crippen LogP contribution >= 0.6 is 0 Å². The number of aliphatic carboxylic acids is 2. The van der Waals surface area contributed by atoms with Crippen molar-refractivity contribution in [1.29, 1.82) is 0 Å². The van der Waals surface area contributed by atoms with Crippen LogP contribution in [0, 0.1) is 0 Å². The molecule has 7 heteroatoms. The number of carbonyl (C=O) groups is 2. The molecular formula is C14H25NNa2O4. The number of nitrogens with zero attached hydrogens (tertiary/aromatic N) is 1. The average Bonchev–Trinajstić information content (AvgIpc) is 2.36. The molecular weight excluding hydrogens is 292 g/mol. The summed E-state index contributed by atoms with van der Waals surface area (Å²) < 4.78 is 0. The van der Waals surface area contributed by atoms with E-state index >= 15 is 0 Å². The van der Waals surface area contributed by atoms with Crippen LogP contribution in [-0.4, -0.2) is 35.0 Å². The maximum Gasteiger partial charge on any atom is 1.00 e. The first-order chi connectivity index (χ1) is 8.86. The van der Waals surface area contributed by atoms with Crippen molar-refractivity contribution in [2.45, 2.75) is 77.9 Å². The van der Waals surface area contributed by atoms with Crippen LogP contribution in [0.25, 0.3) is 0 Å². The van der Waals surface area contributed by atoms with Crippen molar-refractivity contribution in [3.63, 3.8) is 0 Å². The predicted molar refractivity (Wildman–Crippen MR) is 69.0 cm³/mol. The second-order valence-electron chi connectivity index (χ2n) is 5.00. The first-order valence-corrected chi connectivity index (χ1v) is 7.05. The second-order valence-corrected chi connectivity index (χ2v) is 5.00. The minimum Gasteiger partial charge on any atom is -0.548 e. The molecule has 112 valence electrons. The molecule has 0 spiro atoms. The number of carboxylic acids is 2. The molecule has 0 aliphatic rings. The van der Waals surface area contributed by atoms with Gasteiger partial charge in [-0.3, -0.25) is 4.90 Å². The summed E-state index contributed by atoms with van der Waals surface area (Å²) in [5, 5.41) is 22.1. The van der Waals surface area contributed by atoms with Crippen molar-refractivity contribution in [3.8, 4) is 0 Å². The predicted octanol–water partition coefficient (Wildman–Crippen LogP) is -6.07. The summed E-state index contributed by atoms with van der Waals surface area (Å²) in [5.74, 6) is -2.50. The van der Waals surface area contributed by atoms with E-state index in [4.69, 9.17) is 0 Å². The van der Waals surface area contributed by atoms with Gasteiger partial charge in [-0.2, -0.15) is 0 Å². The van der Waals surface area contributed by atoms with Crippen LogP contribution in [0.15, 0.2) is 0 Å². The molecule has 0 radical (unpaired) electrons. The van der Waals surface area contributed by atoms with Crippen LogP contribution in [0.4, 0.5) is 0 Å². The van der Waals surface area contributed by atoms with Gasteiger partial charge in [0, 0.05) is 18.1 Å². The molecule has 0 aromatic rings. The number of unbranched alkanes of at least 4 members (excludes halogenated alkanes) is 2. The zero-order chi connectivity index (χ0) is 15.0. The minimum atomic E-state index is -1.25. The molecule has 0 aromatic heterocycles. The Kier molecular flexibility index (Phi) is 18.5. The van der Waals surface area contributed by atoms with Gasteiger partial charge in [-0.25, -0.2) is 0 Å². The van der Waals surface area contributed by atoms with E-state index in [1.807, 2.05) is 6.92 Å². The van der Waals surface area contributed by atoms with Gasteiger partial charge in [0.15, 0.2) is 0 Å². The molecule has 5 nitrogen and oxygen atoms in total. The summed E-state index contributed by atoms with van der Waals surface area (Å²) in [6.07, 6.45) is 4.59. The Balaban J connectivity index is -0.00000162. The zero-order valence-corrected chi connectivity index (χ0v) is 18.3. The summed E-state index contributed by atoms with van der Waals surface area (Å²) in [7, 11) is 0. The van der Waals surface area contributed by atoms with Gasteiger partial charge in [0.25, 0.3) is 0 Å². The van der Waals surface area contributed by atoms with E-state index in [0.29, 0.717) is 6.42 Å². The van der Waals surface area contributed by atoms with E-state index in [9.17, 15) is 19.8 Å². The van der Waals surface area contributed by atoms with Gasteiger partial charge in [-0.05, 0) is 26.7 Å².